The van der Waals surface area contributed by atoms with Crippen molar-refractivity contribution >= 4 is 12.1 Å². The molecule has 2 N–H and O–H groups in total. The van der Waals surface area contributed by atoms with Crippen LogP contribution in [0.25, 0.3) is 0 Å². The molecule has 0 heterocycles. The molecule has 0 aliphatic carbocycles. The standard InChI is InChI=1S/C8H15NO4/c1-6(2)13-8(12)9-5-3-4-7(10)11/h6H,3-5H2,1-2H3,(H,9,12)(H,10,11). The summed E-state index contributed by atoms with van der Waals surface area (Å²) in [4.78, 5) is 20.9. The number of hydrogen-bond acceptors (Lipinski definition) is 3. The number of carbonyl (C=O) groups is 2. The number of ether oxygens (including phenoxy) is 1. The van der Waals surface area contributed by atoms with Crippen LogP contribution in [0, 0.1) is 0 Å². The third-order valence-electron chi connectivity index (χ3n) is 1.18. The lowest BCUT2D eigenvalue weighted by Crippen LogP contribution is -2.27. The van der Waals surface area contributed by atoms with Crippen molar-refractivity contribution < 1.29 is 19.4 Å². The summed E-state index contributed by atoms with van der Waals surface area (Å²) in [6, 6.07) is 0. The summed E-state index contributed by atoms with van der Waals surface area (Å²) in [7, 11) is 0. The minimum Gasteiger partial charge on any atom is -0.481 e. The monoisotopic (exact) mass is 189 g/mol. The highest BCUT2D eigenvalue weighted by molar-refractivity contribution is 5.68. The van der Waals surface area contributed by atoms with Crippen molar-refractivity contribution in [3.63, 3.8) is 0 Å². The summed E-state index contributed by atoms with van der Waals surface area (Å²) < 4.78 is 4.76. The molecular formula is C8H15NO4. The molecule has 5 heteroatoms. The summed E-state index contributed by atoms with van der Waals surface area (Å²) in [6.45, 7) is 3.82. The van der Waals surface area contributed by atoms with E-state index in [1.54, 1.807) is 13.8 Å². The molecule has 0 rings (SSSR count). The number of amides is 1. The molecule has 0 atom stereocenters. The molecule has 5 nitrogen and oxygen atoms in total. The summed E-state index contributed by atoms with van der Waals surface area (Å²) >= 11 is 0. The van der Waals surface area contributed by atoms with Gasteiger partial charge >= 0.3 is 12.1 Å². The van der Waals surface area contributed by atoms with E-state index in [1.807, 2.05) is 0 Å². The quantitative estimate of drug-likeness (QED) is 0.632. The molecule has 0 bridgehead atoms. The van der Waals surface area contributed by atoms with Crippen molar-refractivity contribution in [2.75, 3.05) is 6.54 Å². The molecule has 76 valence electrons. The van der Waals surface area contributed by atoms with E-state index in [1.165, 1.54) is 0 Å². The zero-order chi connectivity index (χ0) is 10.3. The zero-order valence-electron chi connectivity index (χ0n) is 7.87. The fraction of sp³-hybridized carbons (Fsp3) is 0.750. The van der Waals surface area contributed by atoms with Crippen LogP contribution in [0.4, 0.5) is 4.79 Å². The van der Waals surface area contributed by atoms with Gasteiger partial charge in [0.05, 0.1) is 6.10 Å². The first kappa shape index (κ1) is 11.7. The van der Waals surface area contributed by atoms with E-state index in [9.17, 15) is 9.59 Å². The van der Waals surface area contributed by atoms with Crippen LogP contribution in [-0.4, -0.2) is 29.8 Å². The zero-order valence-corrected chi connectivity index (χ0v) is 7.87. The van der Waals surface area contributed by atoms with Gasteiger partial charge in [-0.2, -0.15) is 0 Å². The second-order valence-corrected chi connectivity index (χ2v) is 2.88. The predicted molar refractivity (Wildman–Crippen MR) is 46.5 cm³/mol. The Morgan fingerprint density at radius 2 is 2.08 bits per heavy atom. The van der Waals surface area contributed by atoms with Gasteiger partial charge in [-0.25, -0.2) is 4.79 Å². The molecule has 1 amide bonds. The van der Waals surface area contributed by atoms with Gasteiger partial charge in [0.1, 0.15) is 0 Å². The third kappa shape index (κ3) is 8.65. The minimum absolute atomic E-state index is 0.0575. The van der Waals surface area contributed by atoms with Crippen LogP contribution in [-0.2, 0) is 9.53 Å². The molecular weight excluding hydrogens is 174 g/mol. The van der Waals surface area contributed by atoms with E-state index in [0.29, 0.717) is 13.0 Å². The molecule has 0 aliphatic heterocycles. The number of carboxylic acid groups (broad SMARTS) is 1. The first-order valence-corrected chi connectivity index (χ1v) is 4.18. The number of rotatable bonds is 5. The van der Waals surface area contributed by atoms with E-state index in [2.05, 4.69) is 5.32 Å². The highest BCUT2D eigenvalue weighted by atomic mass is 16.6. The lowest BCUT2D eigenvalue weighted by atomic mass is 10.3. The van der Waals surface area contributed by atoms with E-state index in [-0.39, 0.29) is 12.5 Å². The van der Waals surface area contributed by atoms with Crippen molar-refractivity contribution in [3.05, 3.63) is 0 Å². The van der Waals surface area contributed by atoms with Gasteiger partial charge in [-0.3, -0.25) is 4.79 Å². The third-order valence-corrected chi connectivity index (χ3v) is 1.18. The minimum atomic E-state index is -0.862. The SMILES string of the molecule is CC(C)OC(=O)NCCCC(=O)O. The lowest BCUT2D eigenvalue weighted by Gasteiger charge is -2.08. The van der Waals surface area contributed by atoms with Crippen molar-refractivity contribution in [2.45, 2.75) is 32.8 Å². The molecule has 0 saturated carbocycles. The molecule has 0 fully saturated rings. The fourth-order valence-electron chi connectivity index (χ4n) is 0.686. The Labute approximate surface area is 77.1 Å². The Hall–Kier alpha value is -1.26. The maximum absolute atomic E-state index is 10.8. The Bertz CT molecular complexity index is 179. The van der Waals surface area contributed by atoms with Gasteiger partial charge in [0.15, 0.2) is 0 Å². The molecule has 0 saturated heterocycles. The van der Waals surface area contributed by atoms with Crippen LogP contribution in [0.5, 0.6) is 0 Å². The Morgan fingerprint density at radius 3 is 2.54 bits per heavy atom. The van der Waals surface area contributed by atoms with Crippen LogP contribution in [0.2, 0.25) is 0 Å². The van der Waals surface area contributed by atoms with Crippen molar-refractivity contribution in [1.82, 2.24) is 5.32 Å². The average Bonchev–Trinajstić information content (AvgIpc) is 1.96. The number of carboxylic acids is 1. The van der Waals surface area contributed by atoms with Crippen LogP contribution < -0.4 is 5.32 Å². The van der Waals surface area contributed by atoms with E-state index in [4.69, 9.17) is 9.84 Å². The van der Waals surface area contributed by atoms with Gasteiger partial charge in [-0.05, 0) is 20.3 Å². The molecule has 13 heavy (non-hydrogen) atoms. The number of carbonyl (C=O) groups excluding carboxylic acids is 1. The second kappa shape index (κ2) is 6.28. The first-order valence-electron chi connectivity index (χ1n) is 4.18. The van der Waals surface area contributed by atoms with Gasteiger partial charge in [0, 0.05) is 13.0 Å². The summed E-state index contributed by atoms with van der Waals surface area (Å²) in [5.74, 6) is -0.862. The van der Waals surface area contributed by atoms with Gasteiger partial charge in [-0.15, -0.1) is 0 Å². The topological polar surface area (TPSA) is 75.6 Å². The molecule has 0 aliphatic rings. The molecule has 0 radical (unpaired) electrons. The first-order chi connectivity index (χ1) is 6.02. The van der Waals surface area contributed by atoms with Crippen LogP contribution >= 0.6 is 0 Å². The molecule has 0 aromatic carbocycles. The molecule has 0 aromatic heterocycles. The van der Waals surface area contributed by atoms with Gasteiger partial charge < -0.3 is 15.2 Å². The highest BCUT2D eigenvalue weighted by Gasteiger charge is 2.03. The van der Waals surface area contributed by atoms with Crippen LogP contribution in [0.1, 0.15) is 26.7 Å². The van der Waals surface area contributed by atoms with Crippen LogP contribution in [0.15, 0.2) is 0 Å². The molecule has 0 unspecified atom stereocenters. The highest BCUT2D eigenvalue weighted by Crippen LogP contribution is 1.90. The fourth-order valence-corrected chi connectivity index (χ4v) is 0.686. The number of aliphatic carboxylic acids is 1. The second-order valence-electron chi connectivity index (χ2n) is 2.88. The van der Waals surface area contributed by atoms with Crippen LogP contribution in [0.3, 0.4) is 0 Å². The van der Waals surface area contributed by atoms with Crippen molar-refractivity contribution in [2.24, 2.45) is 0 Å². The summed E-state index contributed by atoms with van der Waals surface area (Å²) in [5, 5.41) is 10.7. The van der Waals surface area contributed by atoms with Gasteiger partial charge in [0.2, 0.25) is 0 Å². The predicted octanol–water partition coefficient (Wildman–Crippen LogP) is 0.986. The summed E-state index contributed by atoms with van der Waals surface area (Å²) in [6.07, 6.45) is -0.176. The van der Waals surface area contributed by atoms with E-state index < -0.39 is 12.1 Å². The Balaban J connectivity index is 3.32. The Morgan fingerprint density at radius 1 is 1.46 bits per heavy atom. The molecule has 0 aromatic rings. The molecule has 0 spiro atoms. The van der Waals surface area contributed by atoms with Crippen molar-refractivity contribution in [1.29, 1.82) is 0 Å². The van der Waals surface area contributed by atoms with E-state index >= 15 is 0 Å². The van der Waals surface area contributed by atoms with Gasteiger partial charge in [-0.1, -0.05) is 0 Å². The lowest BCUT2D eigenvalue weighted by molar-refractivity contribution is -0.137. The van der Waals surface area contributed by atoms with Crippen molar-refractivity contribution in [3.8, 4) is 0 Å². The van der Waals surface area contributed by atoms with Gasteiger partial charge in [0.25, 0.3) is 0 Å². The average molecular weight is 189 g/mol. The normalized spacial score (nSPS) is 9.77. The number of hydrogen-bond donors (Lipinski definition) is 2. The largest absolute Gasteiger partial charge is 0.481 e. The summed E-state index contributed by atoms with van der Waals surface area (Å²) in [5.41, 5.74) is 0. The number of nitrogens with one attached hydrogen (secondary N) is 1. The maximum Gasteiger partial charge on any atom is 0.407 e. The number of alkyl carbamates (subject to hydrolysis) is 1. The maximum atomic E-state index is 10.8. The smallest absolute Gasteiger partial charge is 0.407 e. The Kier molecular flexibility index (Phi) is 5.67. The van der Waals surface area contributed by atoms with E-state index in [0.717, 1.165) is 0 Å².